The van der Waals surface area contributed by atoms with Crippen LogP contribution in [0.3, 0.4) is 0 Å². The van der Waals surface area contributed by atoms with Gasteiger partial charge in [0.15, 0.2) is 22.6 Å². The van der Waals surface area contributed by atoms with Crippen molar-refractivity contribution in [2.75, 3.05) is 13.7 Å². The van der Waals surface area contributed by atoms with Gasteiger partial charge in [-0.3, -0.25) is 24.6 Å². The van der Waals surface area contributed by atoms with E-state index < -0.39 is 64.9 Å². The van der Waals surface area contributed by atoms with Gasteiger partial charge in [-0.05, 0) is 109 Å². The molecule has 0 aromatic carbocycles. The third-order valence-electron chi connectivity index (χ3n) is 16.1. The topological polar surface area (TPSA) is 232 Å². The first-order valence-electron chi connectivity index (χ1n) is 20.2. The van der Waals surface area contributed by atoms with Gasteiger partial charge in [0, 0.05) is 24.3 Å². The second-order valence-corrected chi connectivity index (χ2v) is 19.6. The van der Waals surface area contributed by atoms with Crippen molar-refractivity contribution in [1.82, 2.24) is 10.5 Å². The molecule has 15 nitrogen and oxygen atoms in total. The molecule has 0 aromatic rings. The number of hydrazine groups is 1. The third kappa shape index (κ3) is 6.77. The summed E-state index contributed by atoms with van der Waals surface area (Å²) in [6, 6.07) is 0. The number of hydroxylamine groups is 1. The van der Waals surface area contributed by atoms with E-state index in [2.05, 4.69) is 51.6 Å². The Kier molecular flexibility index (Phi) is 11.3. The van der Waals surface area contributed by atoms with Gasteiger partial charge in [0.2, 0.25) is 0 Å². The molecule has 0 bridgehead atoms. The van der Waals surface area contributed by atoms with Gasteiger partial charge in [-0.25, -0.2) is 19.7 Å². The van der Waals surface area contributed by atoms with Crippen LogP contribution in [0.1, 0.15) is 138 Å². The molecule has 4 fully saturated rings. The van der Waals surface area contributed by atoms with Crippen LogP contribution in [0.5, 0.6) is 0 Å². The maximum atomic E-state index is 15.2. The number of nitro groups is 1. The molecule has 0 heterocycles. The number of hydrogen-bond acceptors (Lipinski definition) is 10. The van der Waals surface area contributed by atoms with Crippen molar-refractivity contribution in [3.63, 3.8) is 0 Å². The standard InChI is InChI=1S/C41H63N5O10/c1-35(2)14-9-15-38(5)28(35)13-17-40(7)31(38)27(47)23-25-26-24-37(4,19-18-36(26,3)20-21-39(25,40)6)32(50)41(33(51)52,16-10-22-44-34(42)43)45(46(53)54)56-30(49)12-11-29(48)55-8/h23,26,28,31H,9-22,24H2,1-8H3,(H,51,52)(H4,42,43,44)/t26-,28?,31?,36+,37?,38-,39+,40+,41+/m0/s1. The number of aliphatic carboxylic acids is 1. The SMILES string of the molecule is COC(=O)CCC(=O)ON([N+](=O)[O-])[C@@](CCCNC(=N)N)(C(=O)O)C(=O)C1(C)CC[C@]2(C)CC[C@]3(C)C(=CC(=O)C4[C@@]5(C)CCCC(C)(C)C5CC[C@]43C)[C@@H]2C1. The van der Waals surface area contributed by atoms with Crippen LogP contribution in [0.15, 0.2) is 11.6 Å². The summed E-state index contributed by atoms with van der Waals surface area (Å²) >= 11 is 0. The molecule has 5 rings (SSSR count). The Labute approximate surface area is 329 Å². The molecule has 9 atom stereocenters. The maximum Gasteiger partial charge on any atom is 0.347 e. The normalized spacial score (nSPS) is 36.8. The summed E-state index contributed by atoms with van der Waals surface area (Å²) in [5.41, 5.74) is 0.906. The van der Waals surface area contributed by atoms with Crippen LogP contribution in [-0.2, 0) is 33.5 Å². The predicted octanol–water partition coefficient (Wildman–Crippen LogP) is 5.92. The summed E-state index contributed by atoms with van der Waals surface area (Å²) in [5, 5.41) is 32.2. The number of ketones is 2. The second kappa shape index (κ2) is 14.7. The number of nitrogens with zero attached hydrogens (tertiary/aromatic N) is 2. The second-order valence-electron chi connectivity index (χ2n) is 19.6. The molecular formula is C41H63N5O10. The van der Waals surface area contributed by atoms with Gasteiger partial charge < -0.3 is 20.9 Å². The average Bonchev–Trinajstić information content (AvgIpc) is 3.10. The van der Waals surface area contributed by atoms with E-state index in [-0.39, 0.29) is 75.7 Å². The first-order valence-corrected chi connectivity index (χ1v) is 20.2. The Bertz CT molecular complexity index is 1710. The number of nitrogens with two attached hydrogens (primary N) is 1. The summed E-state index contributed by atoms with van der Waals surface area (Å²) < 4.78 is 4.55. The van der Waals surface area contributed by atoms with Crippen LogP contribution in [0, 0.1) is 65.8 Å². The van der Waals surface area contributed by atoms with Crippen molar-refractivity contribution >= 4 is 35.4 Å². The Morgan fingerprint density at radius 3 is 2.27 bits per heavy atom. The molecule has 5 N–H and O–H groups in total. The third-order valence-corrected chi connectivity index (χ3v) is 16.1. The number of allylic oxidation sites excluding steroid dienone is 2. The summed E-state index contributed by atoms with van der Waals surface area (Å²) in [7, 11) is 1.10. The van der Waals surface area contributed by atoms with Crippen LogP contribution in [-0.4, -0.2) is 69.9 Å². The molecule has 0 aliphatic heterocycles. The summed E-state index contributed by atoms with van der Waals surface area (Å²) in [6.07, 6.45) is 7.62. The van der Waals surface area contributed by atoms with Gasteiger partial charge in [-0.1, -0.05) is 60.5 Å². The molecule has 5 aliphatic rings. The Morgan fingerprint density at radius 2 is 1.66 bits per heavy atom. The lowest BCUT2D eigenvalue weighted by Crippen LogP contribution is -2.67. The Balaban J connectivity index is 1.57. The monoisotopic (exact) mass is 785 g/mol. The number of carboxylic acids is 1. The molecule has 56 heavy (non-hydrogen) atoms. The zero-order valence-corrected chi connectivity index (χ0v) is 34.5. The largest absolute Gasteiger partial charge is 0.479 e. The van der Waals surface area contributed by atoms with Crippen molar-refractivity contribution < 1.29 is 43.7 Å². The number of rotatable bonds is 13. The molecule has 5 aliphatic carbocycles. The van der Waals surface area contributed by atoms with Gasteiger partial charge in [0.1, 0.15) is 0 Å². The highest BCUT2D eigenvalue weighted by atomic mass is 16.9. The fourth-order valence-electron chi connectivity index (χ4n) is 12.8. The minimum Gasteiger partial charge on any atom is -0.479 e. The summed E-state index contributed by atoms with van der Waals surface area (Å²) in [5.74, 6) is -5.28. The van der Waals surface area contributed by atoms with Crippen LogP contribution < -0.4 is 11.1 Å². The van der Waals surface area contributed by atoms with Crippen LogP contribution in [0.4, 0.5) is 0 Å². The van der Waals surface area contributed by atoms with E-state index in [1.54, 1.807) is 6.92 Å². The lowest BCUT2D eigenvalue weighted by atomic mass is 9.33. The molecular weight excluding hydrogens is 722 g/mol. The van der Waals surface area contributed by atoms with Gasteiger partial charge in [0.25, 0.3) is 5.54 Å². The lowest BCUT2D eigenvalue weighted by molar-refractivity contribution is -0.736. The predicted molar refractivity (Wildman–Crippen MR) is 205 cm³/mol. The van der Waals surface area contributed by atoms with Crippen molar-refractivity contribution in [2.45, 2.75) is 144 Å². The van der Waals surface area contributed by atoms with E-state index in [0.717, 1.165) is 57.6 Å². The van der Waals surface area contributed by atoms with E-state index in [1.165, 1.54) is 0 Å². The number of carbonyl (C=O) groups excluding carboxylic acids is 4. The van der Waals surface area contributed by atoms with Crippen molar-refractivity contribution in [3.8, 4) is 0 Å². The number of esters is 1. The number of carbonyl (C=O) groups is 5. The molecule has 312 valence electrons. The fourth-order valence-corrected chi connectivity index (χ4v) is 12.8. The first-order chi connectivity index (χ1) is 25.9. The van der Waals surface area contributed by atoms with Gasteiger partial charge in [-0.15, -0.1) is 0 Å². The van der Waals surface area contributed by atoms with Gasteiger partial charge in [0.05, 0.1) is 25.1 Å². The van der Waals surface area contributed by atoms with E-state index in [9.17, 15) is 34.4 Å². The first kappa shape index (κ1) is 43.1. The zero-order valence-electron chi connectivity index (χ0n) is 34.5. The fraction of sp³-hybridized carbons (Fsp3) is 0.805. The number of Topliss-reactive ketones (excluding diaryl/α,β-unsaturated/α-hetero) is 1. The highest BCUT2D eigenvalue weighted by Crippen LogP contribution is 2.75. The Hall–Kier alpha value is -4.04. The molecule has 0 spiro atoms. The van der Waals surface area contributed by atoms with E-state index >= 15 is 4.79 Å². The van der Waals surface area contributed by atoms with Crippen molar-refractivity contribution in [2.24, 2.45) is 56.0 Å². The molecule has 3 unspecified atom stereocenters. The number of carboxylic acid groups (broad SMARTS) is 1. The highest BCUT2D eigenvalue weighted by molar-refractivity contribution is 6.10. The van der Waals surface area contributed by atoms with E-state index in [1.807, 2.05) is 6.08 Å². The Morgan fingerprint density at radius 1 is 1.02 bits per heavy atom. The average molecular weight is 786 g/mol. The van der Waals surface area contributed by atoms with Crippen molar-refractivity contribution in [1.29, 1.82) is 5.41 Å². The van der Waals surface area contributed by atoms with Crippen LogP contribution >= 0.6 is 0 Å². The van der Waals surface area contributed by atoms with Gasteiger partial charge in [-0.2, -0.15) is 0 Å². The number of fused-ring (bicyclic) bond motifs is 7. The lowest BCUT2D eigenvalue weighted by Gasteiger charge is -2.70. The highest BCUT2D eigenvalue weighted by Gasteiger charge is 2.71. The van der Waals surface area contributed by atoms with E-state index in [4.69, 9.17) is 16.0 Å². The summed E-state index contributed by atoms with van der Waals surface area (Å²) in [4.78, 5) is 86.0. The molecule has 0 saturated heterocycles. The summed E-state index contributed by atoms with van der Waals surface area (Å²) in [6.45, 7) is 15.3. The van der Waals surface area contributed by atoms with Gasteiger partial charge >= 0.3 is 17.9 Å². The molecule has 0 amide bonds. The number of nitrogens with one attached hydrogen (secondary N) is 2. The molecule has 4 saturated carbocycles. The molecule has 0 aromatic heterocycles. The van der Waals surface area contributed by atoms with Crippen LogP contribution in [0.2, 0.25) is 0 Å². The number of hydrogen-bond donors (Lipinski definition) is 4. The van der Waals surface area contributed by atoms with Crippen molar-refractivity contribution in [3.05, 3.63) is 21.8 Å². The minimum absolute atomic E-state index is 0.0963. The molecule has 15 heteroatoms. The quantitative estimate of drug-likeness (QED) is 0.0324. The minimum atomic E-state index is -2.99. The number of methoxy groups -OCH3 is 1. The van der Waals surface area contributed by atoms with E-state index in [0.29, 0.717) is 12.3 Å². The van der Waals surface area contributed by atoms with Crippen LogP contribution in [0.25, 0.3) is 0 Å². The number of ether oxygens (including phenoxy) is 1. The smallest absolute Gasteiger partial charge is 0.347 e. The zero-order chi connectivity index (χ0) is 41.9. The maximum absolute atomic E-state index is 15.2. The molecule has 0 radical (unpaired) electrons. The number of guanidine groups is 1.